The average Bonchev–Trinajstić information content (AvgIpc) is 2.68. The molecule has 144 valence electrons. The average molecular weight is 361 g/mol. The number of urea groups is 1. The van der Waals surface area contributed by atoms with Crippen molar-refractivity contribution in [2.75, 3.05) is 38.2 Å². The maximum Gasteiger partial charge on any atom is 0.319 e. The fourth-order valence-electron chi connectivity index (χ4n) is 3.03. The van der Waals surface area contributed by atoms with Crippen molar-refractivity contribution < 1.29 is 14.3 Å². The van der Waals surface area contributed by atoms with E-state index in [1.807, 2.05) is 0 Å². The Bertz CT molecular complexity index is 585. The van der Waals surface area contributed by atoms with Crippen molar-refractivity contribution in [3.8, 4) is 0 Å². The van der Waals surface area contributed by atoms with E-state index in [0.29, 0.717) is 50.0 Å². The Balaban J connectivity index is 1.87. The molecule has 3 amide bonds. The largest absolute Gasteiger partial charge is 0.378 e. The zero-order valence-electron chi connectivity index (χ0n) is 15.9. The van der Waals surface area contributed by atoms with Gasteiger partial charge in [-0.1, -0.05) is 39.2 Å². The smallest absolute Gasteiger partial charge is 0.319 e. The predicted octanol–water partition coefficient (Wildman–Crippen LogP) is 3.50. The van der Waals surface area contributed by atoms with Crippen LogP contribution < -0.4 is 10.6 Å². The Labute approximate surface area is 156 Å². The molecule has 1 aromatic carbocycles. The van der Waals surface area contributed by atoms with Crippen LogP contribution >= 0.6 is 0 Å². The summed E-state index contributed by atoms with van der Waals surface area (Å²) in [7, 11) is 0. The fourth-order valence-corrected chi connectivity index (χ4v) is 3.03. The van der Waals surface area contributed by atoms with Gasteiger partial charge in [0.1, 0.15) is 0 Å². The van der Waals surface area contributed by atoms with Crippen molar-refractivity contribution in [2.45, 2.75) is 39.5 Å². The monoisotopic (exact) mass is 361 g/mol. The van der Waals surface area contributed by atoms with Crippen LogP contribution in [0.15, 0.2) is 24.3 Å². The van der Waals surface area contributed by atoms with E-state index >= 15 is 0 Å². The Morgan fingerprint density at radius 3 is 2.69 bits per heavy atom. The number of hydrogen-bond acceptors (Lipinski definition) is 3. The number of hydrogen-bond donors (Lipinski definition) is 2. The molecule has 0 bridgehead atoms. The first kappa shape index (κ1) is 20.2. The van der Waals surface area contributed by atoms with Crippen molar-refractivity contribution in [3.63, 3.8) is 0 Å². The third-order valence-electron chi connectivity index (χ3n) is 4.76. The minimum atomic E-state index is -0.226. The number of nitrogens with zero attached hydrogens (tertiary/aromatic N) is 1. The lowest BCUT2D eigenvalue weighted by atomic mass is 9.99. The molecule has 1 aromatic rings. The molecule has 1 aliphatic heterocycles. The van der Waals surface area contributed by atoms with E-state index in [4.69, 9.17) is 4.74 Å². The van der Waals surface area contributed by atoms with Crippen LogP contribution in [0.3, 0.4) is 0 Å². The van der Waals surface area contributed by atoms with Gasteiger partial charge in [-0.25, -0.2) is 4.79 Å². The van der Waals surface area contributed by atoms with Gasteiger partial charge in [-0.2, -0.15) is 0 Å². The molecule has 1 unspecified atom stereocenters. The van der Waals surface area contributed by atoms with Gasteiger partial charge in [-0.15, -0.1) is 0 Å². The van der Waals surface area contributed by atoms with Crippen molar-refractivity contribution in [2.24, 2.45) is 5.92 Å². The highest BCUT2D eigenvalue weighted by molar-refractivity contribution is 5.97. The van der Waals surface area contributed by atoms with E-state index in [1.165, 1.54) is 12.8 Å². The SMILES string of the molecule is CCCCC(CC)CNC(=O)Nc1cccc(C(=O)N2CCOCC2)c1. The number of carbonyl (C=O) groups excluding carboxylic acids is 2. The molecule has 1 saturated heterocycles. The number of rotatable bonds is 8. The van der Waals surface area contributed by atoms with Gasteiger partial charge in [0.05, 0.1) is 13.2 Å². The van der Waals surface area contributed by atoms with Crippen molar-refractivity contribution in [1.82, 2.24) is 10.2 Å². The van der Waals surface area contributed by atoms with Gasteiger partial charge < -0.3 is 20.3 Å². The van der Waals surface area contributed by atoms with Crippen LogP contribution in [0.5, 0.6) is 0 Å². The highest BCUT2D eigenvalue weighted by Crippen LogP contribution is 2.14. The summed E-state index contributed by atoms with van der Waals surface area (Å²) in [5.74, 6) is 0.484. The lowest BCUT2D eigenvalue weighted by molar-refractivity contribution is 0.0303. The number of anilines is 1. The number of morpholine rings is 1. The van der Waals surface area contributed by atoms with E-state index < -0.39 is 0 Å². The molecule has 1 atom stereocenters. The van der Waals surface area contributed by atoms with Crippen molar-refractivity contribution in [3.05, 3.63) is 29.8 Å². The summed E-state index contributed by atoms with van der Waals surface area (Å²) in [5.41, 5.74) is 1.21. The standard InChI is InChI=1S/C20H31N3O3/c1-3-5-7-16(4-2)15-21-20(25)22-18-9-6-8-17(14-18)19(24)23-10-12-26-13-11-23/h6,8-9,14,16H,3-5,7,10-13,15H2,1-2H3,(H2,21,22,25). The molecule has 1 fully saturated rings. The fraction of sp³-hybridized carbons (Fsp3) is 0.600. The first-order valence-electron chi connectivity index (χ1n) is 9.66. The van der Waals surface area contributed by atoms with Crippen LogP contribution in [0, 0.1) is 5.92 Å². The van der Waals surface area contributed by atoms with Crippen LogP contribution in [0.25, 0.3) is 0 Å². The van der Waals surface area contributed by atoms with Gasteiger partial charge in [0, 0.05) is 30.9 Å². The molecular weight excluding hydrogens is 330 g/mol. The molecule has 0 spiro atoms. The quantitative estimate of drug-likeness (QED) is 0.744. The predicted molar refractivity (Wildman–Crippen MR) is 103 cm³/mol. The Kier molecular flexibility index (Phi) is 8.41. The number of benzene rings is 1. The minimum absolute atomic E-state index is 0.0250. The summed E-state index contributed by atoms with van der Waals surface area (Å²) in [6.45, 7) is 7.36. The summed E-state index contributed by atoms with van der Waals surface area (Å²) in [6.07, 6.45) is 4.56. The Hall–Kier alpha value is -2.08. The van der Waals surface area contributed by atoms with E-state index in [-0.39, 0.29) is 11.9 Å². The number of carbonyl (C=O) groups is 2. The van der Waals surface area contributed by atoms with Crippen molar-refractivity contribution >= 4 is 17.6 Å². The normalized spacial score (nSPS) is 15.4. The summed E-state index contributed by atoms with van der Waals surface area (Å²) >= 11 is 0. The van der Waals surface area contributed by atoms with Crippen LogP contribution in [-0.2, 0) is 4.74 Å². The zero-order chi connectivity index (χ0) is 18.8. The molecule has 1 aliphatic rings. The summed E-state index contributed by atoms with van der Waals surface area (Å²) < 4.78 is 5.28. The molecule has 0 aliphatic carbocycles. The molecule has 2 N–H and O–H groups in total. The van der Waals surface area contributed by atoms with Gasteiger partial charge >= 0.3 is 6.03 Å². The molecule has 26 heavy (non-hydrogen) atoms. The maximum absolute atomic E-state index is 12.5. The highest BCUT2D eigenvalue weighted by Gasteiger charge is 2.18. The Morgan fingerprint density at radius 2 is 2.00 bits per heavy atom. The first-order chi connectivity index (χ1) is 12.6. The van der Waals surface area contributed by atoms with E-state index in [2.05, 4.69) is 24.5 Å². The molecule has 1 heterocycles. The number of amides is 3. The molecule has 0 radical (unpaired) electrons. The molecule has 6 heteroatoms. The van der Waals surface area contributed by atoms with Crippen LogP contribution in [0.2, 0.25) is 0 Å². The van der Waals surface area contributed by atoms with Gasteiger partial charge in [0.15, 0.2) is 0 Å². The van der Waals surface area contributed by atoms with E-state index in [9.17, 15) is 9.59 Å². The lowest BCUT2D eigenvalue weighted by Crippen LogP contribution is -2.40. The van der Waals surface area contributed by atoms with E-state index in [0.717, 1.165) is 12.8 Å². The molecule has 2 rings (SSSR count). The molecule has 0 aromatic heterocycles. The molecule has 6 nitrogen and oxygen atoms in total. The molecular formula is C20H31N3O3. The van der Waals surface area contributed by atoms with Crippen LogP contribution in [-0.4, -0.2) is 49.7 Å². The van der Waals surface area contributed by atoms with Gasteiger partial charge in [-0.05, 0) is 30.5 Å². The third kappa shape index (κ3) is 6.33. The second kappa shape index (κ2) is 10.8. The van der Waals surface area contributed by atoms with Gasteiger partial charge in [-0.3, -0.25) is 4.79 Å². The van der Waals surface area contributed by atoms with Crippen LogP contribution in [0.4, 0.5) is 10.5 Å². The van der Waals surface area contributed by atoms with Gasteiger partial charge in [0.25, 0.3) is 5.91 Å². The second-order valence-corrected chi connectivity index (χ2v) is 6.74. The summed E-state index contributed by atoms with van der Waals surface area (Å²) in [5, 5.41) is 5.77. The minimum Gasteiger partial charge on any atom is -0.378 e. The number of nitrogens with one attached hydrogen (secondary N) is 2. The first-order valence-corrected chi connectivity index (χ1v) is 9.66. The summed E-state index contributed by atoms with van der Waals surface area (Å²) in [4.78, 5) is 26.5. The second-order valence-electron chi connectivity index (χ2n) is 6.74. The lowest BCUT2D eigenvalue weighted by Gasteiger charge is -2.27. The summed E-state index contributed by atoms with van der Waals surface area (Å²) in [6, 6.07) is 6.87. The van der Waals surface area contributed by atoms with Crippen molar-refractivity contribution in [1.29, 1.82) is 0 Å². The third-order valence-corrected chi connectivity index (χ3v) is 4.76. The number of unbranched alkanes of at least 4 members (excludes halogenated alkanes) is 1. The Morgan fingerprint density at radius 1 is 1.23 bits per heavy atom. The topological polar surface area (TPSA) is 70.7 Å². The zero-order valence-corrected chi connectivity index (χ0v) is 15.9. The van der Waals surface area contributed by atoms with E-state index in [1.54, 1.807) is 29.2 Å². The van der Waals surface area contributed by atoms with Gasteiger partial charge in [0.2, 0.25) is 0 Å². The highest BCUT2D eigenvalue weighted by atomic mass is 16.5. The maximum atomic E-state index is 12.5. The molecule has 0 saturated carbocycles. The van der Waals surface area contributed by atoms with Crippen LogP contribution in [0.1, 0.15) is 49.9 Å². The number of ether oxygens (including phenoxy) is 1.